The van der Waals surface area contributed by atoms with Gasteiger partial charge in [0.1, 0.15) is 5.00 Å². The molecule has 1 aliphatic heterocycles. The highest BCUT2D eigenvalue weighted by Gasteiger charge is 2.26. The molecule has 1 amide bonds. The molecule has 0 fully saturated rings. The third-order valence-corrected chi connectivity index (χ3v) is 5.70. The molecule has 0 radical (unpaired) electrons. The fourth-order valence-corrected chi connectivity index (χ4v) is 4.49. The minimum absolute atomic E-state index is 0.0630. The van der Waals surface area contributed by atoms with Gasteiger partial charge in [0.15, 0.2) is 5.82 Å². The fraction of sp³-hybridized carbons (Fsp3) is 0.316. The molecular weight excluding hydrogens is 386 g/mol. The van der Waals surface area contributed by atoms with Gasteiger partial charge in [-0.3, -0.25) is 4.79 Å². The zero-order valence-corrected chi connectivity index (χ0v) is 16.3. The van der Waals surface area contributed by atoms with E-state index >= 15 is 0 Å². The van der Waals surface area contributed by atoms with E-state index in [4.69, 9.17) is 20.9 Å². The molecule has 0 saturated heterocycles. The van der Waals surface area contributed by atoms with E-state index in [-0.39, 0.29) is 5.91 Å². The Morgan fingerprint density at radius 3 is 3.07 bits per heavy atom. The van der Waals surface area contributed by atoms with E-state index in [1.165, 1.54) is 11.3 Å². The Balaban J connectivity index is 1.54. The van der Waals surface area contributed by atoms with Gasteiger partial charge in [-0.15, -0.1) is 11.3 Å². The molecule has 0 unspecified atom stereocenters. The number of rotatable bonds is 5. The number of aryl methyl sites for hydroxylation is 2. The molecule has 2 aromatic heterocycles. The Morgan fingerprint density at radius 2 is 2.30 bits per heavy atom. The number of aromatic nitrogens is 2. The highest BCUT2D eigenvalue weighted by atomic mass is 35.5. The number of hydrogen-bond donors (Lipinski definition) is 1. The number of benzene rings is 1. The lowest BCUT2D eigenvalue weighted by atomic mass is 10.1. The summed E-state index contributed by atoms with van der Waals surface area (Å²) < 4.78 is 10.9. The molecule has 1 N–H and O–H groups in total. The molecule has 6 nitrogen and oxygen atoms in total. The van der Waals surface area contributed by atoms with Gasteiger partial charge in [-0.2, -0.15) is 4.98 Å². The molecule has 1 aromatic carbocycles. The average Bonchev–Trinajstić information content (AvgIpc) is 3.22. The smallest absolute Gasteiger partial charge is 0.261 e. The monoisotopic (exact) mass is 403 g/mol. The first-order chi connectivity index (χ1) is 13.1. The van der Waals surface area contributed by atoms with E-state index < -0.39 is 0 Å². The second-order valence-electron chi connectivity index (χ2n) is 6.34. The van der Waals surface area contributed by atoms with Crippen LogP contribution in [0.5, 0.6) is 0 Å². The molecule has 3 aromatic rings. The van der Waals surface area contributed by atoms with Gasteiger partial charge >= 0.3 is 0 Å². The number of fused-ring (bicyclic) bond motifs is 1. The van der Waals surface area contributed by atoms with Crippen LogP contribution in [0.25, 0.3) is 11.5 Å². The van der Waals surface area contributed by atoms with Gasteiger partial charge in [0.05, 0.1) is 18.8 Å². The van der Waals surface area contributed by atoms with E-state index in [9.17, 15) is 4.79 Å². The van der Waals surface area contributed by atoms with Crippen LogP contribution in [-0.2, 0) is 29.0 Å². The van der Waals surface area contributed by atoms with Gasteiger partial charge in [-0.1, -0.05) is 28.9 Å². The highest BCUT2D eigenvalue weighted by molar-refractivity contribution is 7.17. The zero-order chi connectivity index (χ0) is 18.8. The first-order valence-electron chi connectivity index (χ1n) is 8.67. The standard InChI is InChI=1S/C19H18ClN3O3S/c1-11-21-18(26-23-11)17-14-7-8-25-10-15(14)27-19(17)22-16(24)6-5-12-3-2-4-13(20)9-12/h2-4,9H,5-8,10H2,1H3,(H,22,24). The van der Waals surface area contributed by atoms with Gasteiger partial charge in [-0.05, 0) is 43.0 Å². The van der Waals surface area contributed by atoms with Crippen molar-refractivity contribution in [3.05, 3.63) is 51.1 Å². The van der Waals surface area contributed by atoms with Crippen molar-refractivity contribution in [2.24, 2.45) is 0 Å². The molecular formula is C19H18ClN3O3S. The molecule has 4 rings (SSSR count). The van der Waals surface area contributed by atoms with Crippen LogP contribution >= 0.6 is 22.9 Å². The quantitative estimate of drug-likeness (QED) is 0.683. The summed E-state index contributed by atoms with van der Waals surface area (Å²) in [6.45, 7) is 2.96. The predicted octanol–water partition coefficient (Wildman–Crippen LogP) is 4.40. The maximum absolute atomic E-state index is 12.5. The summed E-state index contributed by atoms with van der Waals surface area (Å²) in [5.74, 6) is 0.944. The van der Waals surface area contributed by atoms with Crippen LogP contribution in [0.15, 0.2) is 28.8 Å². The second-order valence-corrected chi connectivity index (χ2v) is 7.88. The van der Waals surface area contributed by atoms with Crippen LogP contribution < -0.4 is 5.32 Å². The van der Waals surface area contributed by atoms with E-state index in [0.717, 1.165) is 33.0 Å². The van der Waals surface area contributed by atoms with Crippen LogP contribution in [-0.4, -0.2) is 22.7 Å². The van der Waals surface area contributed by atoms with Crippen molar-refractivity contribution < 1.29 is 14.1 Å². The minimum atomic E-state index is -0.0630. The lowest BCUT2D eigenvalue weighted by Gasteiger charge is -2.12. The number of carbonyl (C=O) groups is 1. The van der Waals surface area contributed by atoms with E-state index in [0.29, 0.717) is 42.8 Å². The molecule has 0 bridgehead atoms. The van der Waals surface area contributed by atoms with Crippen molar-refractivity contribution in [3.8, 4) is 11.5 Å². The minimum Gasteiger partial charge on any atom is -0.376 e. The highest BCUT2D eigenvalue weighted by Crippen LogP contribution is 2.42. The number of halogens is 1. The summed E-state index contributed by atoms with van der Waals surface area (Å²) in [7, 11) is 0. The molecule has 1 aliphatic rings. The Morgan fingerprint density at radius 1 is 1.41 bits per heavy atom. The Labute approximate surface area is 165 Å². The van der Waals surface area contributed by atoms with Gasteiger partial charge in [0.2, 0.25) is 5.91 Å². The number of amides is 1. The molecule has 0 atom stereocenters. The maximum Gasteiger partial charge on any atom is 0.261 e. The Bertz CT molecular complexity index is 982. The first-order valence-corrected chi connectivity index (χ1v) is 9.87. The van der Waals surface area contributed by atoms with Crippen LogP contribution in [0, 0.1) is 6.92 Å². The lowest BCUT2D eigenvalue weighted by molar-refractivity contribution is -0.116. The van der Waals surface area contributed by atoms with Crippen molar-refractivity contribution in [2.45, 2.75) is 32.8 Å². The number of carbonyl (C=O) groups excluding carboxylic acids is 1. The second kappa shape index (κ2) is 7.80. The summed E-state index contributed by atoms with van der Waals surface area (Å²) >= 11 is 7.52. The largest absolute Gasteiger partial charge is 0.376 e. The number of nitrogens with one attached hydrogen (secondary N) is 1. The number of hydrogen-bond acceptors (Lipinski definition) is 6. The van der Waals surface area contributed by atoms with E-state index in [1.54, 1.807) is 6.92 Å². The van der Waals surface area contributed by atoms with Crippen molar-refractivity contribution >= 4 is 33.8 Å². The number of anilines is 1. The van der Waals surface area contributed by atoms with Crippen LogP contribution in [0.3, 0.4) is 0 Å². The molecule has 0 spiro atoms. The number of thiophene rings is 1. The topological polar surface area (TPSA) is 77.2 Å². The van der Waals surface area contributed by atoms with Crippen molar-refractivity contribution in [3.63, 3.8) is 0 Å². The van der Waals surface area contributed by atoms with Crippen molar-refractivity contribution in [1.82, 2.24) is 10.1 Å². The predicted molar refractivity (Wildman–Crippen MR) is 104 cm³/mol. The Hall–Kier alpha value is -2.22. The molecule has 27 heavy (non-hydrogen) atoms. The van der Waals surface area contributed by atoms with Crippen molar-refractivity contribution in [1.29, 1.82) is 0 Å². The van der Waals surface area contributed by atoms with Gasteiger partial charge < -0.3 is 14.6 Å². The normalized spacial score (nSPS) is 13.4. The molecule has 8 heteroatoms. The Kier molecular flexibility index (Phi) is 5.24. The van der Waals surface area contributed by atoms with E-state index in [2.05, 4.69) is 15.5 Å². The first kappa shape index (κ1) is 18.2. The molecule has 3 heterocycles. The van der Waals surface area contributed by atoms with Crippen LogP contribution in [0.1, 0.15) is 28.2 Å². The summed E-state index contributed by atoms with van der Waals surface area (Å²) in [6, 6.07) is 7.55. The summed E-state index contributed by atoms with van der Waals surface area (Å²) in [6.07, 6.45) is 1.75. The molecule has 140 valence electrons. The third kappa shape index (κ3) is 4.05. The summed E-state index contributed by atoms with van der Waals surface area (Å²) in [5.41, 5.74) is 2.99. The van der Waals surface area contributed by atoms with Gasteiger partial charge in [-0.25, -0.2) is 0 Å². The SMILES string of the molecule is Cc1noc(-c2c(NC(=O)CCc3cccc(Cl)c3)sc3c2CCOC3)n1. The lowest BCUT2D eigenvalue weighted by Crippen LogP contribution is -2.12. The molecule has 0 aliphatic carbocycles. The number of nitrogens with zero attached hydrogens (tertiary/aromatic N) is 2. The zero-order valence-electron chi connectivity index (χ0n) is 14.8. The van der Waals surface area contributed by atoms with Crippen LogP contribution in [0.2, 0.25) is 5.02 Å². The van der Waals surface area contributed by atoms with Crippen LogP contribution in [0.4, 0.5) is 5.00 Å². The van der Waals surface area contributed by atoms with Gasteiger partial charge in [0, 0.05) is 16.3 Å². The molecule has 0 saturated carbocycles. The summed E-state index contributed by atoms with van der Waals surface area (Å²) in [4.78, 5) is 18.0. The fourth-order valence-electron chi connectivity index (χ4n) is 3.08. The van der Waals surface area contributed by atoms with Gasteiger partial charge in [0.25, 0.3) is 5.89 Å². The summed E-state index contributed by atoms with van der Waals surface area (Å²) in [5, 5.41) is 8.33. The van der Waals surface area contributed by atoms with E-state index in [1.807, 2.05) is 24.3 Å². The number of ether oxygens (including phenoxy) is 1. The third-order valence-electron chi connectivity index (χ3n) is 4.34. The van der Waals surface area contributed by atoms with Crippen molar-refractivity contribution in [2.75, 3.05) is 11.9 Å². The average molecular weight is 404 g/mol. The maximum atomic E-state index is 12.5.